The van der Waals surface area contributed by atoms with Gasteiger partial charge in [0.15, 0.2) is 0 Å². The van der Waals surface area contributed by atoms with Gasteiger partial charge in [-0.1, -0.05) is 178 Å². The molecule has 314 valence electrons. The molecular formula is C60H49Cl2SiZr-3. The zero-order valence-corrected chi connectivity index (χ0v) is 42.1. The molecule has 0 unspecified atom stereocenters. The van der Waals surface area contributed by atoms with Gasteiger partial charge in [0.05, 0.1) is 9.52 Å². The van der Waals surface area contributed by atoms with E-state index >= 15 is 0 Å². The van der Waals surface area contributed by atoms with Crippen molar-refractivity contribution in [2.24, 2.45) is 0 Å². The molecule has 2 radical (unpaired) electrons. The van der Waals surface area contributed by atoms with Crippen molar-refractivity contribution in [1.29, 1.82) is 0 Å². The van der Waals surface area contributed by atoms with E-state index in [2.05, 4.69) is 230 Å². The van der Waals surface area contributed by atoms with E-state index in [1.54, 1.807) is 0 Å². The Bertz CT molecular complexity index is 2980. The first-order chi connectivity index (χ1) is 31.1. The Morgan fingerprint density at radius 2 is 0.875 bits per heavy atom. The molecule has 0 amide bonds. The van der Waals surface area contributed by atoms with Crippen LogP contribution in [0.3, 0.4) is 0 Å². The molecule has 0 saturated heterocycles. The molecule has 10 aromatic rings. The van der Waals surface area contributed by atoms with Gasteiger partial charge in [-0.3, -0.25) is 0 Å². The van der Waals surface area contributed by atoms with Gasteiger partial charge < -0.3 is 0 Å². The normalized spacial score (nSPS) is 11.1. The summed E-state index contributed by atoms with van der Waals surface area (Å²) in [7, 11) is 10.7. The molecule has 1 aliphatic heterocycles. The van der Waals surface area contributed by atoms with E-state index in [1.165, 1.54) is 121 Å². The molecule has 0 aromatic heterocycles. The van der Waals surface area contributed by atoms with Gasteiger partial charge in [0.25, 0.3) is 0 Å². The van der Waals surface area contributed by atoms with E-state index in [-0.39, 0.29) is 0 Å². The summed E-state index contributed by atoms with van der Waals surface area (Å²) in [6.45, 7) is 13.2. The van der Waals surface area contributed by atoms with Crippen molar-refractivity contribution < 1.29 is 20.8 Å². The second-order valence-electron chi connectivity index (χ2n) is 16.5. The van der Waals surface area contributed by atoms with Crippen molar-refractivity contribution in [3.63, 3.8) is 0 Å². The summed E-state index contributed by atoms with van der Waals surface area (Å²) < 4.78 is 0. The van der Waals surface area contributed by atoms with Crippen molar-refractivity contribution in [1.82, 2.24) is 0 Å². The van der Waals surface area contributed by atoms with Crippen LogP contribution in [0.4, 0.5) is 0 Å². The fourth-order valence-electron chi connectivity index (χ4n) is 8.90. The van der Waals surface area contributed by atoms with Crippen LogP contribution in [-0.4, -0.2) is 9.52 Å². The smallest absolute Gasteiger partial charge is 0.0920 e. The molecule has 0 fully saturated rings. The van der Waals surface area contributed by atoms with Crippen LogP contribution in [0.2, 0.25) is 0 Å². The molecule has 10 aromatic carbocycles. The minimum atomic E-state index is -0.826. The van der Waals surface area contributed by atoms with Crippen LogP contribution in [0, 0.1) is 47.6 Å². The van der Waals surface area contributed by atoms with E-state index in [0.717, 1.165) is 9.52 Å². The SMILES string of the molecule is Cc1cc(C)c(C)c(-c2cccc3[cH-]c(-c4ccccc4)cc23)c1.Cc1cc(C)c(C)c(-c2cccc3[cH-]c(-c4ccccc4)cc23)c1.[Cl][Zr][Cl].[c-]1cccc2c1[Si]c1ccccc1-2. The van der Waals surface area contributed by atoms with Crippen molar-refractivity contribution in [3.05, 3.63) is 228 Å². The molecule has 0 atom stereocenters. The fraction of sp³-hybridized carbons (Fsp3) is 0.100. The van der Waals surface area contributed by atoms with Crippen molar-refractivity contribution in [2.45, 2.75) is 41.5 Å². The number of hydrogen-bond donors (Lipinski definition) is 0. The van der Waals surface area contributed by atoms with E-state index in [4.69, 9.17) is 17.0 Å². The van der Waals surface area contributed by atoms with E-state index < -0.39 is 20.8 Å². The van der Waals surface area contributed by atoms with Gasteiger partial charge in [-0.25, -0.2) is 0 Å². The van der Waals surface area contributed by atoms with Gasteiger partial charge in [-0.2, -0.15) is 29.5 Å². The molecule has 0 spiro atoms. The number of rotatable bonds is 4. The predicted molar refractivity (Wildman–Crippen MR) is 277 cm³/mol. The third kappa shape index (κ3) is 9.97. The molecule has 0 N–H and O–H groups in total. The number of halogens is 2. The van der Waals surface area contributed by atoms with Gasteiger partial charge in [0.1, 0.15) is 0 Å². The second kappa shape index (κ2) is 20.7. The monoisotopic (exact) mass is 957 g/mol. The molecule has 0 bridgehead atoms. The molecular weight excluding hydrogens is 911 g/mol. The first kappa shape index (κ1) is 45.2. The summed E-state index contributed by atoms with van der Waals surface area (Å²) in [5.41, 5.74) is 21.4. The summed E-state index contributed by atoms with van der Waals surface area (Å²) in [6.07, 6.45) is 0. The molecule has 0 aliphatic carbocycles. The maximum Gasteiger partial charge on any atom is 0.0920 e. The average molecular weight is 960 g/mol. The topological polar surface area (TPSA) is 0 Å². The van der Waals surface area contributed by atoms with Crippen molar-refractivity contribution in [2.75, 3.05) is 0 Å². The summed E-state index contributed by atoms with van der Waals surface area (Å²) in [5.74, 6) is 0. The Balaban J connectivity index is 0.000000132. The summed E-state index contributed by atoms with van der Waals surface area (Å²) in [6, 6.07) is 71.1. The Labute approximate surface area is 400 Å². The molecule has 11 rings (SSSR count). The van der Waals surface area contributed by atoms with Gasteiger partial charge in [0, 0.05) is 0 Å². The van der Waals surface area contributed by atoms with Gasteiger partial charge >= 0.3 is 37.9 Å². The Hall–Kier alpha value is -5.34. The predicted octanol–water partition coefficient (Wildman–Crippen LogP) is 16.1. The minimum absolute atomic E-state index is 0.795. The molecule has 4 heteroatoms. The number of benzene rings is 8. The van der Waals surface area contributed by atoms with Gasteiger partial charge in [0.2, 0.25) is 0 Å². The maximum atomic E-state index is 4.93. The second-order valence-corrected chi connectivity index (χ2v) is 21.6. The van der Waals surface area contributed by atoms with E-state index in [1.807, 2.05) is 6.07 Å². The zero-order valence-electron chi connectivity index (χ0n) is 37.2. The van der Waals surface area contributed by atoms with E-state index in [0.29, 0.717) is 0 Å². The zero-order chi connectivity index (χ0) is 44.7. The van der Waals surface area contributed by atoms with Crippen LogP contribution in [0.1, 0.15) is 33.4 Å². The molecule has 0 nitrogen and oxygen atoms in total. The first-order valence-corrected chi connectivity index (χ1v) is 29.0. The third-order valence-corrected chi connectivity index (χ3v) is 13.6. The summed E-state index contributed by atoms with van der Waals surface area (Å²) in [5, 5.41) is 8.12. The molecule has 64 heavy (non-hydrogen) atoms. The van der Waals surface area contributed by atoms with E-state index in [9.17, 15) is 0 Å². The minimum Gasteiger partial charge on any atom is -0.184 e. The Morgan fingerprint density at radius 1 is 0.438 bits per heavy atom. The summed E-state index contributed by atoms with van der Waals surface area (Å²) >= 11 is -0.826. The van der Waals surface area contributed by atoms with Crippen LogP contribution in [-0.2, 0) is 20.8 Å². The third-order valence-electron chi connectivity index (χ3n) is 12.3. The van der Waals surface area contributed by atoms with Crippen LogP contribution in [0.25, 0.3) is 77.2 Å². The Kier molecular flexibility index (Phi) is 14.6. The van der Waals surface area contributed by atoms with Crippen molar-refractivity contribution >= 4 is 58.5 Å². The first-order valence-electron chi connectivity index (χ1n) is 21.6. The molecule has 0 saturated carbocycles. The number of fused-ring (bicyclic) bond motifs is 5. The number of hydrogen-bond acceptors (Lipinski definition) is 0. The van der Waals surface area contributed by atoms with Crippen LogP contribution in [0.5, 0.6) is 0 Å². The van der Waals surface area contributed by atoms with Gasteiger partial charge in [-0.05, 0) is 74.9 Å². The fourth-order valence-corrected chi connectivity index (χ4v) is 10.2. The molecule has 1 heterocycles. The van der Waals surface area contributed by atoms with Gasteiger partial charge in [-0.15, -0.1) is 74.6 Å². The maximum absolute atomic E-state index is 4.93. The quantitative estimate of drug-likeness (QED) is 0.122. The van der Waals surface area contributed by atoms with Crippen molar-refractivity contribution in [3.8, 4) is 55.6 Å². The van der Waals surface area contributed by atoms with Crippen LogP contribution >= 0.6 is 17.0 Å². The molecule has 1 aliphatic rings. The average Bonchev–Trinajstić information content (AvgIpc) is 4.06. The largest absolute Gasteiger partial charge is 0.184 e. The summed E-state index contributed by atoms with van der Waals surface area (Å²) in [4.78, 5) is 0. The standard InChI is InChI=1S/2C24H21.C12H7Si.2ClH.Zr/c2*1-16-12-17(2)18(3)23(13-16)22-11-7-10-20-14-21(15-24(20)22)19-8-5-4-6-9-19;1-3-7-11-9(5-1)10-6-2-4-8-12(10)13-11;;;/h2*4-15H,1-3H3;1-7H;2*1H;/q3*-1;;;+2/p-2. The number of aryl methyl sites for hydroxylation is 4. The van der Waals surface area contributed by atoms with Crippen LogP contribution in [0.15, 0.2) is 188 Å². The van der Waals surface area contributed by atoms with Crippen LogP contribution < -0.4 is 10.4 Å². The Morgan fingerprint density at radius 3 is 1.38 bits per heavy atom.